The summed E-state index contributed by atoms with van der Waals surface area (Å²) in [5.74, 6) is 1.03. The van der Waals surface area contributed by atoms with Crippen molar-refractivity contribution in [2.75, 3.05) is 25.0 Å². The number of aromatic nitrogens is 1. The highest BCUT2D eigenvalue weighted by molar-refractivity contribution is 9.10. The molecule has 0 saturated carbocycles. The smallest absolute Gasteiger partial charge is 0.227 e. The van der Waals surface area contributed by atoms with Gasteiger partial charge in [-0.2, -0.15) is 0 Å². The average molecular weight is 389 g/mol. The Balaban J connectivity index is 2.00. The number of carbonyl (C=O) groups excluding carboxylic acids is 1. The van der Waals surface area contributed by atoms with Gasteiger partial charge in [0, 0.05) is 42.3 Å². The lowest BCUT2D eigenvalue weighted by Gasteiger charge is -2.39. The molecular weight excluding hydrogens is 366 g/mol. The van der Waals surface area contributed by atoms with Gasteiger partial charge in [0.05, 0.1) is 5.02 Å². The van der Waals surface area contributed by atoms with Crippen LogP contribution in [0.5, 0.6) is 0 Å². The average Bonchev–Trinajstić information content (AvgIpc) is 2.45. The van der Waals surface area contributed by atoms with E-state index in [9.17, 15) is 4.79 Å². The summed E-state index contributed by atoms with van der Waals surface area (Å²) < 4.78 is 0.881. The molecule has 1 aliphatic rings. The molecule has 6 heteroatoms. The molecule has 2 heterocycles. The molecular formula is C16H23BrClN3O. The lowest BCUT2D eigenvalue weighted by molar-refractivity contribution is -0.140. The molecule has 0 atom stereocenters. The molecule has 22 heavy (non-hydrogen) atoms. The summed E-state index contributed by atoms with van der Waals surface area (Å²) in [6.45, 7) is 7.62. The summed E-state index contributed by atoms with van der Waals surface area (Å²) in [6.07, 6.45) is 3.64. The van der Waals surface area contributed by atoms with Crippen LogP contribution in [-0.2, 0) is 4.79 Å². The molecule has 1 saturated heterocycles. The predicted octanol–water partition coefficient (Wildman–Crippen LogP) is 3.97. The highest BCUT2D eigenvalue weighted by atomic mass is 79.9. The molecule has 0 aromatic carbocycles. The fraction of sp³-hybridized carbons (Fsp3) is 0.625. The first-order chi connectivity index (χ1) is 10.2. The number of piperidine rings is 1. The van der Waals surface area contributed by atoms with Crippen molar-refractivity contribution in [1.82, 2.24) is 9.88 Å². The second kappa shape index (κ2) is 6.75. The van der Waals surface area contributed by atoms with Crippen LogP contribution in [0.25, 0.3) is 0 Å². The van der Waals surface area contributed by atoms with E-state index in [1.807, 2.05) is 38.8 Å². The van der Waals surface area contributed by atoms with E-state index in [-0.39, 0.29) is 17.4 Å². The number of pyridine rings is 1. The van der Waals surface area contributed by atoms with Crippen molar-refractivity contribution in [3.63, 3.8) is 0 Å². The molecule has 0 aliphatic carbocycles. The molecule has 122 valence electrons. The molecule has 4 nitrogen and oxygen atoms in total. The predicted molar refractivity (Wildman–Crippen MR) is 94.4 cm³/mol. The third kappa shape index (κ3) is 3.93. The Bertz CT molecular complexity index is 551. The van der Waals surface area contributed by atoms with Gasteiger partial charge in [0.15, 0.2) is 0 Å². The highest BCUT2D eigenvalue weighted by Gasteiger charge is 2.31. The highest BCUT2D eigenvalue weighted by Crippen LogP contribution is 2.30. The maximum absolute atomic E-state index is 12.4. The Morgan fingerprint density at radius 3 is 2.50 bits per heavy atom. The first kappa shape index (κ1) is 17.5. The van der Waals surface area contributed by atoms with E-state index in [1.54, 1.807) is 6.20 Å². The summed E-state index contributed by atoms with van der Waals surface area (Å²) in [4.78, 5) is 20.9. The molecule has 0 spiro atoms. The summed E-state index contributed by atoms with van der Waals surface area (Å²) in [5.41, 5.74) is -0.331. The van der Waals surface area contributed by atoms with Gasteiger partial charge in [0.1, 0.15) is 5.82 Å². The maximum Gasteiger partial charge on any atom is 0.227 e. The maximum atomic E-state index is 12.4. The van der Waals surface area contributed by atoms with E-state index in [1.165, 1.54) is 0 Å². The topological polar surface area (TPSA) is 36.4 Å². The van der Waals surface area contributed by atoms with E-state index >= 15 is 0 Å². The van der Waals surface area contributed by atoms with Crippen molar-refractivity contribution < 1.29 is 4.79 Å². The van der Waals surface area contributed by atoms with Gasteiger partial charge in [-0.1, -0.05) is 32.4 Å². The van der Waals surface area contributed by atoms with E-state index < -0.39 is 0 Å². The van der Waals surface area contributed by atoms with Crippen LogP contribution in [-0.4, -0.2) is 42.0 Å². The molecule has 0 radical (unpaired) electrons. The minimum absolute atomic E-state index is 0.200. The van der Waals surface area contributed by atoms with Crippen LogP contribution in [0.2, 0.25) is 5.02 Å². The zero-order valence-electron chi connectivity index (χ0n) is 13.6. The van der Waals surface area contributed by atoms with Gasteiger partial charge in [-0.3, -0.25) is 4.79 Å². The number of nitrogens with zero attached hydrogens (tertiary/aromatic N) is 3. The van der Waals surface area contributed by atoms with Gasteiger partial charge in [-0.05, 0) is 34.8 Å². The fourth-order valence-corrected chi connectivity index (χ4v) is 3.55. The number of halogens is 2. The molecule has 1 aromatic rings. The molecule has 0 bridgehead atoms. The van der Waals surface area contributed by atoms with Crippen LogP contribution in [0.1, 0.15) is 33.6 Å². The van der Waals surface area contributed by atoms with E-state index in [0.29, 0.717) is 5.02 Å². The number of anilines is 1. The minimum atomic E-state index is -0.331. The number of rotatable bonds is 2. The number of carbonyl (C=O) groups is 1. The number of amides is 1. The number of hydrogen-bond acceptors (Lipinski definition) is 3. The second-order valence-corrected chi connectivity index (χ2v) is 8.17. The SMILES string of the molecule is CN(C(=O)C(C)(C)C)C1CCN(c2ncc(Br)cc2Cl)CC1. The lowest BCUT2D eigenvalue weighted by Crippen LogP contribution is -2.48. The zero-order valence-corrected chi connectivity index (χ0v) is 15.9. The standard InChI is InChI=1S/C16H23BrClN3O/c1-16(2,3)15(22)20(4)12-5-7-21(8-6-12)14-13(18)9-11(17)10-19-14/h9-10,12H,5-8H2,1-4H3. The fourth-order valence-electron chi connectivity index (χ4n) is 2.80. The Morgan fingerprint density at radius 2 is 2.00 bits per heavy atom. The molecule has 0 N–H and O–H groups in total. The summed E-state index contributed by atoms with van der Waals surface area (Å²) in [7, 11) is 1.92. The first-order valence-corrected chi connectivity index (χ1v) is 8.70. The molecule has 0 unspecified atom stereocenters. The molecule has 1 aliphatic heterocycles. The van der Waals surface area contributed by atoms with Gasteiger partial charge in [-0.15, -0.1) is 0 Å². The largest absolute Gasteiger partial charge is 0.355 e. The van der Waals surface area contributed by atoms with Crippen LogP contribution in [0.15, 0.2) is 16.7 Å². The Kier molecular flexibility index (Phi) is 5.38. The van der Waals surface area contributed by atoms with Crippen molar-refractivity contribution in [3.05, 3.63) is 21.8 Å². The van der Waals surface area contributed by atoms with Crippen molar-refractivity contribution in [2.24, 2.45) is 5.41 Å². The normalized spacial score (nSPS) is 16.7. The second-order valence-electron chi connectivity index (χ2n) is 6.84. The quantitative estimate of drug-likeness (QED) is 0.769. The van der Waals surface area contributed by atoms with Gasteiger partial charge in [0.25, 0.3) is 0 Å². The lowest BCUT2D eigenvalue weighted by atomic mass is 9.92. The molecule has 2 rings (SSSR count). The Hall–Kier alpha value is -0.810. The van der Waals surface area contributed by atoms with Crippen LogP contribution >= 0.6 is 27.5 Å². The van der Waals surface area contributed by atoms with E-state index in [2.05, 4.69) is 25.8 Å². The Morgan fingerprint density at radius 1 is 1.41 bits per heavy atom. The van der Waals surface area contributed by atoms with Crippen molar-refractivity contribution in [1.29, 1.82) is 0 Å². The minimum Gasteiger partial charge on any atom is -0.355 e. The van der Waals surface area contributed by atoms with Crippen LogP contribution in [0, 0.1) is 5.41 Å². The third-order valence-electron chi connectivity index (χ3n) is 4.06. The van der Waals surface area contributed by atoms with Crippen molar-refractivity contribution in [3.8, 4) is 0 Å². The zero-order chi connectivity index (χ0) is 16.5. The number of hydrogen-bond donors (Lipinski definition) is 0. The van der Waals surface area contributed by atoms with Crippen LogP contribution in [0.4, 0.5) is 5.82 Å². The van der Waals surface area contributed by atoms with Gasteiger partial charge < -0.3 is 9.80 Å². The van der Waals surface area contributed by atoms with Gasteiger partial charge in [-0.25, -0.2) is 4.98 Å². The van der Waals surface area contributed by atoms with E-state index in [0.717, 1.165) is 36.2 Å². The van der Waals surface area contributed by atoms with Crippen LogP contribution < -0.4 is 4.90 Å². The van der Waals surface area contributed by atoms with Gasteiger partial charge >= 0.3 is 0 Å². The summed E-state index contributed by atoms with van der Waals surface area (Å²) >= 11 is 9.65. The van der Waals surface area contributed by atoms with E-state index in [4.69, 9.17) is 11.6 Å². The summed E-state index contributed by atoms with van der Waals surface area (Å²) in [5, 5.41) is 0.659. The van der Waals surface area contributed by atoms with Gasteiger partial charge in [0.2, 0.25) is 5.91 Å². The van der Waals surface area contributed by atoms with Crippen molar-refractivity contribution in [2.45, 2.75) is 39.7 Å². The monoisotopic (exact) mass is 387 g/mol. The van der Waals surface area contributed by atoms with Crippen molar-refractivity contribution >= 4 is 39.3 Å². The molecule has 1 amide bonds. The van der Waals surface area contributed by atoms with Crippen LogP contribution in [0.3, 0.4) is 0 Å². The Labute approximate surface area is 146 Å². The third-order valence-corrected chi connectivity index (χ3v) is 4.77. The first-order valence-electron chi connectivity index (χ1n) is 7.53. The molecule has 1 aromatic heterocycles. The summed E-state index contributed by atoms with van der Waals surface area (Å²) in [6, 6.07) is 2.16. The molecule has 1 fully saturated rings.